The number of ether oxygens (including phenoxy) is 1. The second-order valence-corrected chi connectivity index (χ2v) is 7.68. The Kier molecular flexibility index (Phi) is 4.86. The fourth-order valence-electron chi connectivity index (χ4n) is 4.07. The number of hydrogen-bond donors (Lipinski definition) is 1. The van der Waals surface area contributed by atoms with Crippen LogP contribution in [0.1, 0.15) is 36.6 Å². The Morgan fingerprint density at radius 2 is 1.61 bits per heavy atom. The Morgan fingerprint density at radius 1 is 0.964 bits per heavy atom. The van der Waals surface area contributed by atoms with Crippen LogP contribution in [0.15, 0.2) is 78.9 Å². The maximum atomic E-state index is 13.7. The molecule has 1 N–H and O–H groups in total. The first kappa shape index (κ1) is 18.6. The van der Waals surface area contributed by atoms with E-state index >= 15 is 0 Å². The fraction of sp³-hybridized carbons (Fsp3) is 0.208. The summed E-state index contributed by atoms with van der Waals surface area (Å²) in [5, 5.41) is 4.17. The lowest BCUT2D eigenvalue weighted by atomic mass is 9.69. The molecule has 3 nitrogen and oxygen atoms in total. The summed E-state index contributed by atoms with van der Waals surface area (Å²) in [5.74, 6) is -0.281. The molecule has 0 radical (unpaired) electrons. The first-order valence-corrected chi connectivity index (χ1v) is 9.80. The molecule has 4 heteroatoms. The molecule has 0 amide bonds. The van der Waals surface area contributed by atoms with E-state index < -0.39 is 5.41 Å². The highest BCUT2D eigenvalue weighted by atomic mass is 35.5. The molecule has 0 saturated carbocycles. The van der Waals surface area contributed by atoms with Crippen molar-refractivity contribution in [1.82, 2.24) is 0 Å². The van der Waals surface area contributed by atoms with Crippen molar-refractivity contribution in [3.63, 3.8) is 0 Å². The van der Waals surface area contributed by atoms with Crippen molar-refractivity contribution in [2.24, 2.45) is 0 Å². The summed E-state index contributed by atoms with van der Waals surface area (Å²) in [7, 11) is 0. The summed E-state index contributed by atoms with van der Waals surface area (Å²) >= 11 is 6.58. The maximum Gasteiger partial charge on any atom is 0.323 e. The summed E-state index contributed by atoms with van der Waals surface area (Å²) < 4.78 is 5.82. The number of benzene rings is 3. The number of esters is 1. The number of para-hydroxylation sites is 1. The van der Waals surface area contributed by atoms with Crippen molar-refractivity contribution < 1.29 is 9.53 Å². The van der Waals surface area contributed by atoms with Crippen molar-refractivity contribution in [3.05, 3.63) is 101 Å². The van der Waals surface area contributed by atoms with Gasteiger partial charge in [-0.15, -0.1) is 0 Å². The Labute approximate surface area is 170 Å². The topological polar surface area (TPSA) is 38.3 Å². The van der Waals surface area contributed by atoms with Crippen LogP contribution >= 0.6 is 11.6 Å². The van der Waals surface area contributed by atoms with Gasteiger partial charge in [-0.2, -0.15) is 0 Å². The largest absolute Gasteiger partial charge is 0.462 e. The minimum absolute atomic E-state index is 0.229. The van der Waals surface area contributed by atoms with E-state index in [0.717, 1.165) is 22.4 Å². The Balaban J connectivity index is 2.03. The van der Waals surface area contributed by atoms with Crippen molar-refractivity contribution in [2.75, 3.05) is 5.32 Å². The maximum absolute atomic E-state index is 13.7. The number of halogens is 1. The van der Waals surface area contributed by atoms with Gasteiger partial charge >= 0.3 is 5.97 Å². The van der Waals surface area contributed by atoms with Crippen molar-refractivity contribution in [1.29, 1.82) is 0 Å². The lowest BCUT2D eigenvalue weighted by Crippen LogP contribution is -2.44. The van der Waals surface area contributed by atoms with Gasteiger partial charge in [0.25, 0.3) is 0 Å². The summed E-state index contributed by atoms with van der Waals surface area (Å²) in [5.41, 5.74) is 2.52. The van der Waals surface area contributed by atoms with Crippen LogP contribution in [0.4, 0.5) is 5.69 Å². The third kappa shape index (κ3) is 2.87. The molecule has 3 aromatic carbocycles. The van der Waals surface area contributed by atoms with Crippen molar-refractivity contribution in [2.45, 2.75) is 31.4 Å². The summed E-state index contributed by atoms with van der Waals surface area (Å²) in [4.78, 5) is 13.7. The van der Waals surface area contributed by atoms with Crippen molar-refractivity contribution in [3.8, 4) is 0 Å². The van der Waals surface area contributed by atoms with Crippen LogP contribution in [-0.2, 0) is 14.9 Å². The van der Waals surface area contributed by atoms with Crippen LogP contribution < -0.4 is 5.32 Å². The Morgan fingerprint density at radius 3 is 2.32 bits per heavy atom. The van der Waals surface area contributed by atoms with E-state index in [-0.39, 0.29) is 18.1 Å². The van der Waals surface area contributed by atoms with Gasteiger partial charge in [-0.05, 0) is 42.7 Å². The van der Waals surface area contributed by atoms with Gasteiger partial charge in [0, 0.05) is 10.7 Å². The average molecular weight is 392 g/mol. The van der Waals surface area contributed by atoms with Gasteiger partial charge in [-0.1, -0.05) is 78.3 Å². The molecule has 0 bridgehead atoms. The van der Waals surface area contributed by atoms with Gasteiger partial charge in [0.05, 0.1) is 12.1 Å². The molecule has 1 aliphatic heterocycles. The molecule has 28 heavy (non-hydrogen) atoms. The normalized spacial score (nSPS) is 20.5. The molecule has 142 valence electrons. The van der Waals surface area contributed by atoms with Gasteiger partial charge in [-0.3, -0.25) is 4.79 Å². The number of rotatable bonds is 4. The highest BCUT2D eigenvalue weighted by molar-refractivity contribution is 6.31. The quantitative estimate of drug-likeness (QED) is 0.576. The molecule has 4 rings (SSSR count). The van der Waals surface area contributed by atoms with E-state index in [9.17, 15) is 4.79 Å². The van der Waals surface area contributed by atoms with Gasteiger partial charge in [0.15, 0.2) is 0 Å². The second-order valence-electron chi connectivity index (χ2n) is 7.27. The van der Waals surface area contributed by atoms with E-state index in [2.05, 4.69) is 5.32 Å². The zero-order chi connectivity index (χ0) is 19.7. The predicted octanol–water partition coefficient (Wildman–Crippen LogP) is 5.74. The lowest BCUT2D eigenvalue weighted by Gasteiger charge is -2.35. The van der Waals surface area contributed by atoms with E-state index in [0.29, 0.717) is 5.02 Å². The van der Waals surface area contributed by atoms with Crippen LogP contribution in [0.25, 0.3) is 0 Å². The van der Waals surface area contributed by atoms with E-state index in [1.165, 1.54) is 0 Å². The third-order valence-corrected chi connectivity index (χ3v) is 5.54. The molecule has 0 aromatic heterocycles. The second kappa shape index (κ2) is 7.33. The molecule has 0 aliphatic carbocycles. The van der Waals surface area contributed by atoms with Crippen LogP contribution in [0.5, 0.6) is 0 Å². The molecule has 1 heterocycles. The predicted molar refractivity (Wildman–Crippen MR) is 113 cm³/mol. The Bertz CT molecular complexity index is 1000. The number of fused-ring (bicyclic) bond motifs is 1. The third-order valence-electron chi connectivity index (χ3n) is 5.19. The molecule has 3 aromatic rings. The van der Waals surface area contributed by atoms with Crippen LogP contribution in [-0.4, -0.2) is 12.1 Å². The minimum Gasteiger partial charge on any atom is -0.462 e. The number of anilines is 1. The first-order chi connectivity index (χ1) is 13.5. The number of nitrogens with one attached hydrogen (secondary N) is 1. The summed E-state index contributed by atoms with van der Waals surface area (Å²) in [6.07, 6.45) is -0.229. The molecular formula is C24H22ClNO2. The highest BCUT2D eigenvalue weighted by Gasteiger charge is 2.56. The van der Waals surface area contributed by atoms with Gasteiger partial charge in [0.1, 0.15) is 5.41 Å². The summed E-state index contributed by atoms with van der Waals surface area (Å²) in [6, 6.07) is 25.0. The molecule has 1 aliphatic rings. The molecule has 0 spiro atoms. The zero-order valence-electron chi connectivity index (χ0n) is 15.9. The minimum atomic E-state index is -1.03. The van der Waals surface area contributed by atoms with Crippen LogP contribution in [0.3, 0.4) is 0 Å². The standard InChI is InChI=1S/C24H22ClNO2/c1-16(2)28-23(27)24(17-10-4-3-5-11-17)19-13-7-9-15-21(19)26-22(24)18-12-6-8-14-20(18)25/h3-16,22,26H,1-2H3/t22-,24-/m1/s1. The van der Waals surface area contributed by atoms with E-state index in [1.807, 2.05) is 92.7 Å². The number of carbonyl (C=O) groups is 1. The molecular weight excluding hydrogens is 370 g/mol. The zero-order valence-corrected chi connectivity index (χ0v) is 16.6. The van der Waals surface area contributed by atoms with Gasteiger partial charge in [0.2, 0.25) is 0 Å². The van der Waals surface area contributed by atoms with Gasteiger partial charge in [-0.25, -0.2) is 0 Å². The van der Waals surface area contributed by atoms with Crippen LogP contribution in [0, 0.1) is 0 Å². The highest BCUT2D eigenvalue weighted by Crippen LogP contribution is 2.54. The SMILES string of the molecule is CC(C)OC(=O)[C@]1(c2ccccc2)c2ccccc2N[C@@H]1c1ccccc1Cl. The summed E-state index contributed by atoms with van der Waals surface area (Å²) in [6.45, 7) is 3.74. The average Bonchev–Trinajstić information content (AvgIpc) is 3.04. The molecule has 2 atom stereocenters. The van der Waals surface area contributed by atoms with E-state index in [1.54, 1.807) is 0 Å². The molecule has 0 fully saturated rings. The fourth-order valence-corrected chi connectivity index (χ4v) is 4.31. The van der Waals surface area contributed by atoms with Gasteiger partial charge < -0.3 is 10.1 Å². The smallest absolute Gasteiger partial charge is 0.323 e. The van der Waals surface area contributed by atoms with E-state index in [4.69, 9.17) is 16.3 Å². The molecule has 0 saturated heterocycles. The van der Waals surface area contributed by atoms with Crippen molar-refractivity contribution >= 4 is 23.3 Å². The Hall–Kier alpha value is -2.78. The lowest BCUT2D eigenvalue weighted by molar-refractivity contribution is -0.153. The first-order valence-electron chi connectivity index (χ1n) is 9.42. The molecule has 0 unspecified atom stereocenters. The monoisotopic (exact) mass is 391 g/mol. The van der Waals surface area contributed by atoms with Crippen LogP contribution in [0.2, 0.25) is 5.02 Å². The number of hydrogen-bond acceptors (Lipinski definition) is 3. The number of carbonyl (C=O) groups excluding carboxylic acids is 1.